The van der Waals surface area contributed by atoms with Crippen LogP contribution in [-0.4, -0.2) is 0 Å². The van der Waals surface area contributed by atoms with E-state index in [1.165, 1.54) is 0 Å². The molecule has 0 heterocycles. The molecule has 0 rings (SSSR count). The van der Waals surface area contributed by atoms with Gasteiger partial charge in [0.25, 0.3) is 0 Å². The Kier molecular flexibility index (Phi) is 1320. The highest BCUT2D eigenvalue weighted by Gasteiger charge is 0.609. The zero-order chi connectivity index (χ0) is 10.0. The summed E-state index contributed by atoms with van der Waals surface area (Å²) in [6, 6.07) is 0. The molecule has 11 heavy (non-hydrogen) atoms. The topological polar surface area (TPSA) is 0 Å². The van der Waals surface area contributed by atoms with Crippen molar-refractivity contribution in [1.29, 1.82) is 0 Å². The van der Waals surface area contributed by atoms with E-state index in [-0.39, 0.29) is 4.70 Å². The highest BCUT2D eigenvalue weighted by atomic mass is 19.0. The molecule has 0 saturated carbocycles. The lowest BCUT2D eigenvalue weighted by atomic mass is 11.3. The average molecular weight is 160 g/mol. The molecule has 0 atom stereocenters. The molecule has 0 amide bonds. The lowest BCUT2D eigenvalue weighted by molar-refractivity contribution is 1.11. The molecule has 0 aliphatic heterocycles. The third-order valence-corrected chi connectivity index (χ3v) is 0. The van der Waals surface area contributed by atoms with Crippen LogP contribution in [0.25, 0.3) is 0 Å². The van der Waals surface area contributed by atoms with E-state index in [9.17, 15) is 0 Å². The first kappa shape index (κ1) is 54.4. The van der Waals surface area contributed by atoms with E-state index < -0.39 is 0 Å². The van der Waals surface area contributed by atoms with Gasteiger partial charge >= 0.3 is 0 Å². The maximum Gasteiger partial charge on any atom is -0.106 e. The van der Waals surface area contributed by atoms with Crippen LogP contribution in [-0.2, 0) is 0 Å². The van der Waals surface area contributed by atoms with Gasteiger partial charge in [-0.1, -0.05) is 0 Å². The second-order valence-corrected chi connectivity index (χ2v) is 0. The lowest BCUT2D eigenvalue weighted by Crippen LogP contribution is -0.552. The quantitative estimate of drug-likeness (QED) is 0.467. The monoisotopic (exact) mass is 160 g/mol. The Balaban J connectivity index is -0.00000000694. The second-order valence-electron chi connectivity index (χ2n) is 0. The van der Waals surface area contributed by atoms with E-state index >= 15 is 0 Å². The second kappa shape index (κ2) is 268. The lowest BCUT2D eigenvalue weighted by Gasteiger charge is -0.813. The van der Waals surface area contributed by atoms with Crippen molar-refractivity contribution in [3.63, 3.8) is 0 Å². The van der Waals surface area contributed by atoms with Crippen LogP contribution in [0.5, 0.6) is 0 Å². The molecule has 1 heteroatoms. The number of hydrogen-bond donors (Lipinski definition) is 0. The van der Waals surface area contributed by atoms with E-state index in [4.69, 9.17) is 0 Å². The van der Waals surface area contributed by atoms with Crippen molar-refractivity contribution in [2.24, 2.45) is 0 Å². The Hall–Kier alpha value is -1.37. The van der Waals surface area contributed by atoms with Gasteiger partial charge in [-0.3, -0.25) is 4.70 Å². The van der Waals surface area contributed by atoms with Gasteiger partial charge in [0.2, 0.25) is 0 Å². The van der Waals surface area contributed by atoms with Crippen molar-refractivity contribution < 1.29 is 4.70 Å². The van der Waals surface area contributed by atoms with Crippen LogP contribution in [0.15, 0.2) is 65.8 Å². The zero-order valence-corrected chi connectivity index (χ0v) is 7.48. The van der Waals surface area contributed by atoms with E-state index in [1.807, 2.05) is 0 Å². The fourth-order valence-electron chi connectivity index (χ4n) is 0. The average Bonchev–Trinajstić information content (AvgIpc) is 2.20. The van der Waals surface area contributed by atoms with Gasteiger partial charge in [0.1, 0.15) is 0 Å². The minimum absolute atomic E-state index is 0. The van der Waals surface area contributed by atoms with Gasteiger partial charge in [0.15, 0.2) is 0 Å². The predicted molar refractivity (Wildman–Crippen MR) is 58.8 cm³/mol. The van der Waals surface area contributed by atoms with Crippen LogP contribution in [0, 0.1) is 0 Å². The van der Waals surface area contributed by atoms with Gasteiger partial charge in [0, 0.05) is 0 Å². The zero-order valence-electron chi connectivity index (χ0n) is 7.48. The molecule has 68 valence electrons. The maximum absolute atomic E-state index is 3.00. The third-order valence-electron chi connectivity index (χ3n) is 0. The number of rotatable bonds is 0. The molecular weight excluding hydrogens is 139 g/mol. The van der Waals surface area contributed by atoms with E-state index in [1.54, 1.807) is 0 Å². The van der Waals surface area contributed by atoms with Crippen LogP contribution < -0.4 is 0 Å². The molecule has 0 bridgehead atoms. The van der Waals surface area contributed by atoms with Crippen molar-refractivity contribution in [2.75, 3.05) is 0 Å². The van der Waals surface area contributed by atoms with Gasteiger partial charge < -0.3 is 0 Å². The molecule has 0 unspecified atom stereocenters. The highest BCUT2D eigenvalue weighted by Crippen LogP contribution is 0.870. The summed E-state index contributed by atoms with van der Waals surface area (Å²) in [5.74, 6) is 0. The van der Waals surface area contributed by atoms with E-state index in [2.05, 4.69) is 65.8 Å². The molecule has 0 aromatic rings. The molecule has 0 aliphatic carbocycles. The SMILES string of the molecule is C=C.C=C.C=C.C=C.C=C.F. The molecule has 0 fully saturated rings. The molecule has 0 spiro atoms. The van der Waals surface area contributed by atoms with Crippen molar-refractivity contribution in [3.8, 4) is 0 Å². The molecule has 0 aromatic heterocycles. The first-order valence-corrected chi connectivity index (χ1v) is 2.50. The molecule has 0 N–H and O–H groups in total. The van der Waals surface area contributed by atoms with Crippen molar-refractivity contribution >= 4 is 0 Å². The van der Waals surface area contributed by atoms with Crippen molar-refractivity contribution in [3.05, 3.63) is 65.8 Å². The first-order valence-electron chi connectivity index (χ1n) is 2.50. The smallest absolute Gasteiger partial charge is 0.106 e. The number of hydrogen-bond acceptors (Lipinski definition) is 0. The summed E-state index contributed by atoms with van der Waals surface area (Å²) < 4.78 is 0. The first-order chi connectivity index (χ1) is 5.00. The minimum atomic E-state index is 0. The summed E-state index contributed by atoms with van der Waals surface area (Å²) in [5.41, 5.74) is 0. The predicted octanol–water partition coefficient (Wildman–Crippen LogP) is 4.16. The van der Waals surface area contributed by atoms with Crippen LogP contribution in [0.4, 0.5) is 4.70 Å². The summed E-state index contributed by atoms with van der Waals surface area (Å²) >= 11 is 0. The minimum Gasteiger partial charge on any atom is -0.269 e. The van der Waals surface area contributed by atoms with Crippen molar-refractivity contribution in [2.45, 2.75) is 0 Å². The van der Waals surface area contributed by atoms with Gasteiger partial charge in [-0.25, -0.2) is 0 Å². The Morgan fingerprint density at radius 2 is 0.273 bits per heavy atom. The van der Waals surface area contributed by atoms with E-state index in [0.29, 0.717) is 0 Å². The number of halogens is 1. The van der Waals surface area contributed by atoms with Crippen LogP contribution >= 0.6 is 0 Å². The van der Waals surface area contributed by atoms with Crippen molar-refractivity contribution in [1.82, 2.24) is 0 Å². The standard InChI is InChI=1S/5C2H4.FH/c5*1-2;/h5*1-2H2;1H. The summed E-state index contributed by atoms with van der Waals surface area (Å²) in [7, 11) is 0. The van der Waals surface area contributed by atoms with E-state index in [0.717, 1.165) is 0 Å². The summed E-state index contributed by atoms with van der Waals surface area (Å²) in [6.07, 6.45) is 0. The molecule has 0 saturated heterocycles. The Morgan fingerprint density at radius 3 is 0.273 bits per heavy atom. The molecule has 0 nitrogen and oxygen atoms in total. The van der Waals surface area contributed by atoms with Gasteiger partial charge in [-0.05, 0) is 0 Å². The largest absolute Gasteiger partial charge is 0.269 e. The Labute approximate surface area is 71.3 Å². The van der Waals surface area contributed by atoms with Crippen LogP contribution in [0.3, 0.4) is 0 Å². The molecule has 0 aliphatic rings. The van der Waals surface area contributed by atoms with Gasteiger partial charge in [-0.15, -0.1) is 65.8 Å². The summed E-state index contributed by atoms with van der Waals surface area (Å²) in [6.45, 7) is 30.0. The maximum atomic E-state index is 3.00. The molecular formula is C10H21F. The third kappa shape index (κ3) is 202. The molecule has 0 aromatic carbocycles. The Bertz CT molecular complexity index is 16.4. The van der Waals surface area contributed by atoms with Gasteiger partial charge in [0.05, 0.1) is 0 Å². The molecule has 0 radical (unpaired) electrons. The fourth-order valence-corrected chi connectivity index (χ4v) is 0. The van der Waals surface area contributed by atoms with Crippen LogP contribution in [0.2, 0.25) is 0 Å². The van der Waals surface area contributed by atoms with Crippen LogP contribution in [0.1, 0.15) is 0 Å². The highest BCUT2D eigenvalue weighted by molar-refractivity contribution is 4.23. The summed E-state index contributed by atoms with van der Waals surface area (Å²) in [5, 5.41) is 0. The fraction of sp³-hybridized carbons (Fsp3) is 0. The van der Waals surface area contributed by atoms with Gasteiger partial charge in [-0.2, -0.15) is 0 Å². The normalized spacial score (nSPS) is 1.82. The Morgan fingerprint density at radius 1 is 0.273 bits per heavy atom. The summed E-state index contributed by atoms with van der Waals surface area (Å²) in [4.78, 5) is 0.